The molecule has 3 N–H and O–H groups in total. The Bertz CT molecular complexity index is 969. The number of thioether (sulfide) groups is 1. The molecule has 1 heterocycles. The second-order valence-corrected chi connectivity index (χ2v) is 8.85. The zero-order chi connectivity index (χ0) is 24.2. The van der Waals surface area contributed by atoms with E-state index in [9.17, 15) is 9.18 Å². The van der Waals surface area contributed by atoms with E-state index in [1.807, 2.05) is 12.1 Å². The molecule has 182 valence electrons. The number of benzene rings is 2. The summed E-state index contributed by atoms with van der Waals surface area (Å²) < 4.78 is 24.3. The molecule has 1 aliphatic rings. The molecule has 0 unspecified atom stereocenters. The van der Waals surface area contributed by atoms with Gasteiger partial charge in [0.1, 0.15) is 18.2 Å². The SMILES string of the molecule is C=CC[C@@]1(C(=O)NNCCSCc2ccc(F)cc2)COC(c2ccc(OCCCO)cc2)=N1. The van der Waals surface area contributed by atoms with Crippen LogP contribution in [0.25, 0.3) is 0 Å². The predicted octanol–water partition coefficient (Wildman–Crippen LogP) is 3.23. The molecular formula is C25H30FN3O4S. The zero-order valence-corrected chi connectivity index (χ0v) is 19.8. The lowest BCUT2D eigenvalue weighted by molar-refractivity contribution is -0.127. The summed E-state index contributed by atoms with van der Waals surface area (Å²) in [4.78, 5) is 17.5. The summed E-state index contributed by atoms with van der Waals surface area (Å²) in [6.45, 7) is 4.97. The average Bonchev–Trinajstić information content (AvgIpc) is 3.28. The molecule has 9 heteroatoms. The number of carbonyl (C=O) groups is 1. The van der Waals surface area contributed by atoms with Gasteiger partial charge in [0.25, 0.3) is 5.91 Å². The Morgan fingerprint density at radius 1 is 1.26 bits per heavy atom. The van der Waals surface area contributed by atoms with Crippen LogP contribution >= 0.6 is 11.8 Å². The summed E-state index contributed by atoms with van der Waals surface area (Å²) in [5, 5.41) is 8.84. The van der Waals surface area contributed by atoms with E-state index in [4.69, 9.17) is 14.6 Å². The summed E-state index contributed by atoms with van der Waals surface area (Å²) in [6, 6.07) is 13.7. The fourth-order valence-corrected chi connectivity index (χ4v) is 4.07. The summed E-state index contributed by atoms with van der Waals surface area (Å²) in [6.07, 6.45) is 2.56. The molecule has 0 bridgehead atoms. The van der Waals surface area contributed by atoms with Crippen molar-refractivity contribution < 1.29 is 23.8 Å². The molecule has 0 saturated carbocycles. The first-order chi connectivity index (χ1) is 16.6. The number of aliphatic hydroxyl groups is 1. The van der Waals surface area contributed by atoms with Crippen LogP contribution in [0, 0.1) is 5.82 Å². The highest BCUT2D eigenvalue weighted by atomic mass is 32.2. The van der Waals surface area contributed by atoms with E-state index < -0.39 is 5.54 Å². The Morgan fingerprint density at radius 3 is 2.74 bits per heavy atom. The number of aliphatic imine (C=N–C) groups is 1. The number of ether oxygens (including phenoxy) is 2. The van der Waals surface area contributed by atoms with E-state index >= 15 is 0 Å². The Labute approximate surface area is 203 Å². The second-order valence-electron chi connectivity index (χ2n) is 7.74. The third-order valence-electron chi connectivity index (χ3n) is 5.10. The number of halogens is 1. The molecule has 0 saturated heterocycles. The van der Waals surface area contributed by atoms with E-state index in [0.29, 0.717) is 37.6 Å². The van der Waals surface area contributed by atoms with Gasteiger partial charge in [-0.3, -0.25) is 10.2 Å². The predicted molar refractivity (Wildman–Crippen MR) is 132 cm³/mol. The second kappa shape index (κ2) is 13.1. The number of hydrogen-bond acceptors (Lipinski definition) is 7. The maximum absolute atomic E-state index is 13.0. The first kappa shape index (κ1) is 25.7. The highest BCUT2D eigenvalue weighted by Gasteiger charge is 2.43. The molecule has 0 aliphatic carbocycles. The summed E-state index contributed by atoms with van der Waals surface area (Å²) >= 11 is 1.68. The smallest absolute Gasteiger partial charge is 0.266 e. The average molecular weight is 488 g/mol. The van der Waals surface area contributed by atoms with Crippen LogP contribution in [0.2, 0.25) is 0 Å². The van der Waals surface area contributed by atoms with Crippen LogP contribution in [0.4, 0.5) is 4.39 Å². The molecule has 2 aromatic rings. The quantitative estimate of drug-likeness (QED) is 0.215. The Hall–Kier alpha value is -2.88. The molecule has 1 amide bonds. The summed E-state index contributed by atoms with van der Waals surface area (Å²) in [7, 11) is 0. The van der Waals surface area contributed by atoms with Crippen LogP contribution in [-0.2, 0) is 15.3 Å². The molecule has 7 nitrogen and oxygen atoms in total. The van der Waals surface area contributed by atoms with Crippen LogP contribution < -0.4 is 15.6 Å². The van der Waals surface area contributed by atoms with Gasteiger partial charge in [0.2, 0.25) is 5.90 Å². The van der Waals surface area contributed by atoms with Crippen LogP contribution in [0.15, 0.2) is 66.2 Å². The molecule has 0 aromatic heterocycles. The topological polar surface area (TPSA) is 92.2 Å². The maximum atomic E-state index is 13.0. The minimum atomic E-state index is -1.08. The van der Waals surface area contributed by atoms with Gasteiger partial charge in [-0.1, -0.05) is 18.2 Å². The number of hydrazine groups is 1. The van der Waals surface area contributed by atoms with Crippen molar-refractivity contribution in [1.82, 2.24) is 10.9 Å². The van der Waals surface area contributed by atoms with Gasteiger partial charge in [0, 0.05) is 43.1 Å². The largest absolute Gasteiger partial charge is 0.494 e. The van der Waals surface area contributed by atoms with Crippen LogP contribution in [0.1, 0.15) is 24.0 Å². The van der Waals surface area contributed by atoms with E-state index in [-0.39, 0.29) is 24.9 Å². The van der Waals surface area contributed by atoms with Crippen molar-refractivity contribution in [2.24, 2.45) is 4.99 Å². The fourth-order valence-electron chi connectivity index (χ4n) is 3.25. The molecule has 2 aromatic carbocycles. The van der Waals surface area contributed by atoms with Crippen molar-refractivity contribution >= 4 is 23.6 Å². The number of hydrogen-bond donors (Lipinski definition) is 3. The summed E-state index contributed by atoms with van der Waals surface area (Å²) in [5.74, 6) is 2.09. The lowest BCUT2D eigenvalue weighted by atomic mass is 9.97. The molecular weight excluding hydrogens is 457 g/mol. The van der Waals surface area contributed by atoms with Gasteiger partial charge in [0.15, 0.2) is 5.54 Å². The fraction of sp³-hybridized carbons (Fsp3) is 0.360. The molecule has 3 rings (SSSR count). The molecule has 0 spiro atoms. The van der Waals surface area contributed by atoms with Crippen molar-refractivity contribution in [1.29, 1.82) is 0 Å². The maximum Gasteiger partial charge on any atom is 0.266 e. The highest BCUT2D eigenvalue weighted by Crippen LogP contribution is 2.27. The normalized spacial score (nSPS) is 17.1. The molecule has 0 fully saturated rings. The van der Waals surface area contributed by atoms with Crippen LogP contribution in [-0.4, -0.2) is 54.6 Å². The first-order valence-corrected chi connectivity index (χ1v) is 12.2. The number of carbonyl (C=O) groups excluding carboxylic acids is 1. The van der Waals surface area contributed by atoms with Crippen LogP contribution in [0.3, 0.4) is 0 Å². The van der Waals surface area contributed by atoms with Gasteiger partial charge in [-0.25, -0.2) is 14.8 Å². The van der Waals surface area contributed by atoms with Crippen LogP contribution in [0.5, 0.6) is 5.75 Å². The first-order valence-electron chi connectivity index (χ1n) is 11.1. The minimum absolute atomic E-state index is 0.0832. The van der Waals surface area contributed by atoms with Gasteiger partial charge in [-0.2, -0.15) is 11.8 Å². The van der Waals surface area contributed by atoms with E-state index in [1.54, 1.807) is 42.1 Å². The van der Waals surface area contributed by atoms with Gasteiger partial charge in [0.05, 0.1) is 6.61 Å². The number of nitrogens with zero attached hydrogens (tertiary/aromatic N) is 1. The monoisotopic (exact) mass is 487 g/mol. The molecule has 34 heavy (non-hydrogen) atoms. The van der Waals surface area contributed by atoms with Gasteiger partial charge < -0.3 is 14.6 Å². The number of amides is 1. The third kappa shape index (κ3) is 7.31. The number of rotatable bonds is 14. The lowest BCUT2D eigenvalue weighted by Crippen LogP contribution is -2.51. The van der Waals surface area contributed by atoms with E-state index in [2.05, 4.69) is 22.4 Å². The minimum Gasteiger partial charge on any atom is -0.494 e. The van der Waals surface area contributed by atoms with E-state index in [0.717, 1.165) is 22.6 Å². The third-order valence-corrected chi connectivity index (χ3v) is 6.13. The van der Waals surface area contributed by atoms with E-state index in [1.165, 1.54) is 12.1 Å². The number of aliphatic hydroxyl groups excluding tert-OH is 1. The van der Waals surface area contributed by atoms with Crippen molar-refractivity contribution in [2.75, 3.05) is 32.1 Å². The standard InChI is InChI=1S/C25H30FN3O4S/c1-2-12-25(24(31)29-27-13-16-34-17-19-4-8-21(26)9-5-19)18-33-23(28-25)20-6-10-22(11-7-20)32-15-3-14-30/h2,4-11,27,30H,1,3,12-18H2,(H,29,31)/t25-/m0/s1. The Balaban J connectivity index is 1.49. The zero-order valence-electron chi connectivity index (χ0n) is 19.0. The summed E-state index contributed by atoms with van der Waals surface area (Å²) in [5.41, 5.74) is 6.41. The Kier molecular flexibility index (Phi) is 9.93. The number of nitrogens with one attached hydrogen (secondary N) is 2. The molecule has 0 radical (unpaired) electrons. The Morgan fingerprint density at radius 2 is 2.03 bits per heavy atom. The van der Waals surface area contributed by atoms with Crippen molar-refractivity contribution in [3.8, 4) is 5.75 Å². The highest BCUT2D eigenvalue weighted by molar-refractivity contribution is 7.98. The molecule has 1 atom stereocenters. The van der Waals surface area contributed by atoms with Crippen molar-refractivity contribution in [3.05, 3.63) is 78.1 Å². The van der Waals surface area contributed by atoms with Crippen molar-refractivity contribution in [2.45, 2.75) is 24.1 Å². The van der Waals surface area contributed by atoms with Gasteiger partial charge in [-0.05, 0) is 42.0 Å². The molecule has 1 aliphatic heterocycles. The van der Waals surface area contributed by atoms with Gasteiger partial charge in [-0.15, -0.1) is 6.58 Å². The van der Waals surface area contributed by atoms with Gasteiger partial charge >= 0.3 is 0 Å². The van der Waals surface area contributed by atoms with Crippen molar-refractivity contribution in [3.63, 3.8) is 0 Å². The lowest BCUT2D eigenvalue weighted by Gasteiger charge is -2.21.